The van der Waals surface area contributed by atoms with E-state index in [-0.39, 0.29) is 11.0 Å². The summed E-state index contributed by atoms with van der Waals surface area (Å²) in [7, 11) is 0. The zero-order valence-corrected chi connectivity index (χ0v) is 10.0. The molecular formula is C12H11N3OS. The van der Waals surface area contributed by atoms with Crippen LogP contribution in [0.1, 0.15) is 12.5 Å². The lowest BCUT2D eigenvalue weighted by Crippen LogP contribution is -2.62. The number of nitriles is 1. The Morgan fingerprint density at radius 1 is 1.41 bits per heavy atom. The van der Waals surface area contributed by atoms with Crippen LogP contribution < -0.4 is 10.6 Å². The van der Waals surface area contributed by atoms with Crippen molar-refractivity contribution in [3.05, 3.63) is 35.9 Å². The molecule has 1 aliphatic heterocycles. The second-order valence-electron chi connectivity index (χ2n) is 4.07. The molecule has 1 amide bonds. The van der Waals surface area contributed by atoms with Gasteiger partial charge in [-0.3, -0.25) is 4.79 Å². The number of benzene rings is 1. The average Bonchev–Trinajstić information content (AvgIpc) is 2.29. The first-order valence-electron chi connectivity index (χ1n) is 5.16. The number of carbonyl (C=O) groups is 1. The summed E-state index contributed by atoms with van der Waals surface area (Å²) in [5, 5.41) is 14.9. The number of nitrogens with one attached hydrogen (secondary N) is 2. The van der Waals surface area contributed by atoms with Gasteiger partial charge in [-0.25, -0.2) is 0 Å². The van der Waals surface area contributed by atoms with Gasteiger partial charge in [0.15, 0.2) is 11.0 Å². The Hall–Kier alpha value is -1.93. The zero-order chi connectivity index (χ0) is 12.5. The molecule has 0 radical (unpaired) electrons. The summed E-state index contributed by atoms with van der Waals surface area (Å²) >= 11 is 4.98. The van der Waals surface area contributed by atoms with Gasteiger partial charge in [0.25, 0.3) is 0 Å². The minimum absolute atomic E-state index is 0.257. The smallest absolute Gasteiger partial charge is 0.246 e. The first-order valence-corrected chi connectivity index (χ1v) is 5.57. The fourth-order valence-corrected chi connectivity index (χ4v) is 2.31. The maximum atomic E-state index is 11.8. The molecule has 0 bridgehead atoms. The van der Waals surface area contributed by atoms with E-state index in [9.17, 15) is 4.79 Å². The molecule has 86 valence electrons. The summed E-state index contributed by atoms with van der Waals surface area (Å²) in [6.07, 6.45) is 0. The number of rotatable bonds is 1. The van der Waals surface area contributed by atoms with Crippen LogP contribution in [0.15, 0.2) is 30.3 Å². The van der Waals surface area contributed by atoms with Gasteiger partial charge in [0.2, 0.25) is 5.91 Å². The molecule has 4 nitrogen and oxygen atoms in total. The normalized spacial score (nSPS) is 27.9. The second kappa shape index (κ2) is 4.15. The van der Waals surface area contributed by atoms with Crippen LogP contribution in [0.2, 0.25) is 0 Å². The molecule has 5 heteroatoms. The van der Waals surface area contributed by atoms with Crippen LogP contribution in [0.3, 0.4) is 0 Å². The first-order chi connectivity index (χ1) is 8.08. The van der Waals surface area contributed by atoms with Crippen LogP contribution in [0.4, 0.5) is 0 Å². The van der Waals surface area contributed by atoms with Gasteiger partial charge in [0, 0.05) is 0 Å². The van der Waals surface area contributed by atoms with E-state index in [0.717, 1.165) is 5.56 Å². The van der Waals surface area contributed by atoms with E-state index in [2.05, 4.69) is 10.6 Å². The third kappa shape index (κ3) is 1.87. The van der Waals surface area contributed by atoms with Crippen molar-refractivity contribution in [2.24, 2.45) is 5.92 Å². The highest BCUT2D eigenvalue weighted by Gasteiger charge is 2.45. The summed E-state index contributed by atoms with van der Waals surface area (Å²) in [6, 6.07) is 11.4. The topological polar surface area (TPSA) is 64.9 Å². The molecule has 1 aromatic carbocycles. The Morgan fingerprint density at radius 2 is 2.06 bits per heavy atom. The van der Waals surface area contributed by atoms with Gasteiger partial charge < -0.3 is 10.6 Å². The minimum Gasteiger partial charge on any atom is -0.351 e. The predicted molar refractivity (Wildman–Crippen MR) is 66.8 cm³/mol. The summed E-state index contributed by atoms with van der Waals surface area (Å²) in [6.45, 7) is 1.81. The number of hydrogen-bond donors (Lipinski definition) is 2. The van der Waals surface area contributed by atoms with Crippen molar-refractivity contribution in [2.45, 2.75) is 12.5 Å². The molecule has 2 unspecified atom stereocenters. The molecule has 1 saturated heterocycles. The molecule has 2 rings (SSSR count). The number of hydrogen-bond acceptors (Lipinski definition) is 3. The SMILES string of the molecule is CC1(c2ccccc2)NC(=S)NC(=O)C1C#N. The van der Waals surface area contributed by atoms with Crippen molar-refractivity contribution in [2.75, 3.05) is 0 Å². The standard InChI is InChI=1S/C12H11N3OS/c1-12(8-5-3-2-4-6-8)9(7-13)10(16)14-11(17)15-12/h2-6,9H,1H3,(H2,14,15,16,17). The zero-order valence-electron chi connectivity index (χ0n) is 9.23. The molecule has 1 aromatic rings. The van der Waals surface area contributed by atoms with Gasteiger partial charge in [-0.1, -0.05) is 30.3 Å². The Kier molecular flexibility index (Phi) is 2.82. The van der Waals surface area contributed by atoms with E-state index in [1.165, 1.54) is 0 Å². The summed E-state index contributed by atoms with van der Waals surface area (Å²) in [5.74, 6) is -1.17. The molecule has 0 saturated carbocycles. The van der Waals surface area contributed by atoms with E-state index in [1.807, 2.05) is 36.4 Å². The van der Waals surface area contributed by atoms with Crippen molar-refractivity contribution < 1.29 is 4.79 Å². The number of nitrogens with zero attached hydrogens (tertiary/aromatic N) is 1. The van der Waals surface area contributed by atoms with Crippen LogP contribution in [-0.2, 0) is 10.3 Å². The minimum atomic E-state index is -0.809. The summed E-state index contributed by atoms with van der Waals surface area (Å²) in [5.41, 5.74) is 0.0823. The highest BCUT2D eigenvalue weighted by Crippen LogP contribution is 2.31. The molecule has 17 heavy (non-hydrogen) atoms. The Balaban J connectivity index is 2.50. The fraction of sp³-hybridized carbons (Fsp3) is 0.250. The van der Waals surface area contributed by atoms with E-state index < -0.39 is 11.5 Å². The summed E-state index contributed by atoms with van der Waals surface area (Å²) < 4.78 is 0. The number of carbonyl (C=O) groups excluding carboxylic acids is 1. The van der Waals surface area contributed by atoms with Crippen molar-refractivity contribution in [1.82, 2.24) is 10.6 Å². The fourth-order valence-electron chi connectivity index (χ4n) is 2.00. The Labute approximate surface area is 105 Å². The van der Waals surface area contributed by atoms with Crippen molar-refractivity contribution >= 4 is 23.2 Å². The monoisotopic (exact) mass is 245 g/mol. The van der Waals surface area contributed by atoms with Crippen molar-refractivity contribution in [3.63, 3.8) is 0 Å². The highest BCUT2D eigenvalue weighted by molar-refractivity contribution is 7.80. The van der Waals surface area contributed by atoms with Gasteiger partial charge in [-0.15, -0.1) is 0 Å². The van der Waals surface area contributed by atoms with Crippen molar-refractivity contribution in [3.8, 4) is 6.07 Å². The van der Waals surface area contributed by atoms with E-state index in [1.54, 1.807) is 6.92 Å². The quantitative estimate of drug-likeness (QED) is 0.726. The molecule has 2 N–H and O–H groups in total. The first kappa shape index (κ1) is 11.6. The largest absolute Gasteiger partial charge is 0.351 e. The highest BCUT2D eigenvalue weighted by atomic mass is 32.1. The van der Waals surface area contributed by atoms with Gasteiger partial charge in [0.1, 0.15) is 0 Å². The van der Waals surface area contributed by atoms with E-state index in [0.29, 0.717) is 0 Å². The molecular weight excluding hydrogens is 234 g/mol. The van der Waals surface area contributed by atoms with Crippen LogP contribution in [-0.4, -0.2) is 11.0 Å². The number of amides is 1. The molecule has 1 fully saturated rings. The molecule has 1 aliphatic rings. The lowest BCUT2D eigenvalue weighted by molar-refractivity contribution is -0.124. The van der Waals surface area contributed by atoms with Crippen LogP contribution in [0, 0.1) is 17.2 Å². The molecule has 0 aliphatic carbocycles. The summed E-state index contributed by atoms with van der Waals surface area (Å²) in [4.78, 5) is 11.8. The van der Waals surface area contributed by atoms with Crippen LogP contribution in [0.25, 0.3) is 0 Å². The second-order valence-corrected chi connectivity index (χ2v) is 4.48. The number of thiocarbonyl (C=S) groups is 1. The predicted octanol–water partition coefficient (Wildman–Crippen LogP) is 1.05. The Bertz CT molecular complexity index is 508. The third-order valence-corrected chi connectivity index (χ3v) is 3.16. The van der Waals surface area contributed by atoms with Gasteiger partial charge in [-0.2, -0.15) is 5.26 Å². The van der Waals surface area contributed by atoms with Crippen molar-refractivity contribution in [1.29, 1.82) is 5.26 Å². The van der Waals surface area contributed by atoms with Crippen LogP contribution in [0.5, 0.6) is 0 Å². The molecule has 0 aromatic heterocycles. The Morgan fingerprint density at radius 3 is 2.65 bits per heavy atom. The van der Waals surface area contributed by atoms with E-state index in [4.69, 9.17) is 17.5 Å². The lowest BCUT2D eigenvalue weighted by atomic mass is 9.78. The van der Waals surface area contributed by atoms with Gasteiger partial charge in [0.05, 0.1) is 11.6 Å². The van der Waals surface area contributed by atoms with Gasteiger partial charge >= 0.3 is 0 Å². The maximum absolute atomic E-state index is 11.8. The molecule has 0 spiro atoms. The molecule has 1 heterocycles. The lowest BCUT2D eigenvalue weighted by Gasteiger charge is -2.39. The van der Waals surface area contributed by atoms with Crippen LogP contribution >= 0.6 is 12.2 Å². The van der Waals surface area contributed by atoms with Gasteiger partial charge in [-0.05, 0) is 24.7 Å². The third-order valence-electron chi connectivity index (χ3n) is 2.95. The molecule has 2 atom stereocenters. The average molecular weight is 245 g/mol. The van der Waals surface area contributed by atoms with E-state index >= 15 is 0 Å². The maximum Gasteiger partial charge on any atom is 0.246 e.